The first-order valence-corrected chi connectivity index (χ1v) is 9.25. The first-order chi connectivity index (χ1) is 11.4. The largest absolute Gasteiger partial charge is 0.489 e. The summed E-state index contributed by atoms with van der Waals surface area (Å²) in [5.74, 6) is 0.285. The SMILES string of the molecule is Cc1nc(C)c(-c2csc(Nc3cc(F)ccc3OC(C)C)n2)s1. The molecule has 3 aromatic rings. The van der Waals surface area contributed by atoms with Crippen molar-refractivity contribution in [3.05, 3.63) is 40.1 Å². The van der Waals surface area contributed by atoms with E-state index in [4.69, 9.17) is 4.74 Å². The number of hydrogen-bond donors (Lipinski definition) is 1. The van der Waals surface area contributed by atoms with Crippen molar-refractivity contribution >= 4 is 33.5 Å². The summed E-state index contributed by atoms with van der Waals surface area (Å²) in [4.78, 5) is 10.1. The van der Waals surface area contributed by atoms with Gasteiger partial charge in [-0.15, -0.1) is 22.7 Å². The van der Waals surface area contributed by atoms with E-state index in [1.54, 1.807) is 17.4 Å². The summed E-state index contributed by atoms with van der Waals surface area (Å²) >= 11 is 3.09. The molecule has 2 aromatic heterocycles. The van der Waals surface area contributed by atoms with Gasteiger partial charge in [0.05, 0.1) is 33.1 Å². The highest BCUT2D eigenvalue weighted by Gasteiger charge is 2.13. The molecule has 3 rings (SSSR count). The van der Waals surface area contributed by atoms with Gasteiger partial charge >= 0.3 is 0 Å². The van der Waals surface area contributed by atoms with Crippen molar-refractivity contribution < 1.29 is 9.13 Å². The first kappa shape index (κ1) is 16.9. The third kappa shape index (κ3) is 3.73. The van der Waals surface area contributed by atoms with Gasteiger partial charge in [0.25, 0.3) is 0 Å². The van der Waals surface area contributed by atoms with Gasteiger partial charge in [0, 0.05) is 11.4 Å². The normalized spacial score (nSPS) is 11.1. The van der Waals surface area contributed by atoms with Crippen LogP contribution in [-0.2, 0) is 0 Å². The van der Waals surface area contributed by atoms with Crippen LogP contribution in [0.4, 0.5) is 15.2 Å². The second-order valence-corrected chi connectivity index (χ2v) is 7.68. The van der Waals surface area contributed by atoms with E-state index >= 15 is 0 Å². The topological polar surface area (TPSA) is 47.0 Å². The summed E-state index contributed by atoms with van der Waals surface area (Å²) in [6, 6.07) is 4.43. The highest BCUT2D eigenvalue weighted by molar-refractivity contribution is 7.16. The Hall–Kier alpha value is -1.99. The molecule has 7 heteroatoms. The van der Waals surface area contributed by atoms with Gasteiger partial charge in [-0.05, 0) is 39.8 Å². The first-order valence-electron chi connectivity index (χ1n) is 7.55. The standard InChI is InChI=1S/C17H18FN3OS2/c1-9(2)22-15-6-5-12(18)7-13(15)20-17-21-14(8-23-17)16-10(3)19-11(4)24-16/h5-9H,1-4H3,(H,20,21). The molecule has 0 aliphatic heterocycles. The van der Waals surface area contributed by atoms with Crippen LogP contribution in [0.2, 0.25) is 0 Å². The van der Waals surface area contributed by atoms with Gasteiger partial charge in [-0.3, -0.25) is 0 Å². The number of benzene rings is 1. The van der Waals surface area contributed by atoms with Crippen LogP contribution in [0.5, 0.6) is 5.75 Å². The lowest BCUT2D eigenvalue weighted by Crippen LogP contribution is -2.07. The van der Waals surface area contributed by atoms with Crippen molar-refractivity contribution in [3.63, 3.8) is 0 Å². The molecule has 0 aliphatic rings. The summed E-state index contributed by atoms with van der Waals surface area (Å²) in [6.45, 7) is 7.83. The number of rotatable bonds is 5. The summed E-state index contributed by atoms with van der Waals surface area (Å²) in [7, 11) is 0. The third-order valence-electron chi connectivity index (χ3n) is 3.19. The molecular weight excluding hydrogens is 345 g/mol. The molecule has 4 nitrogen and oxygen atoms in total. The maximum absolute atomic E-state index is 13.6. The molecular formula is C17H18FN3OS2. The van der Waals surface area contributed by atoms with Crippen molar-refractivity contribution in [1.29, 1.82) is 0 Å². The molecule has 0 atom stereocenters. The number of hydrogen-bond acceptors (Lipinski definition) is 6. The molecule has 0 saturated heterocycles. The van der Waals surface area contributed by atoms with E-state index in [-0.39, 0.29) is 11.9 Å². The fourth-order valence-corrected chi connectivity index (χ4v) is 3.95. The fraction of sp³-hybridized carbons (Fsp3) is 0.294. The molecule has 0 fully saturated rings. The van der Waals surface area contributed by atoms with Crippen LogP contribution in [-0.4, -0.2) is 16.1 Å². The lowest BCUT2D eigenvalue weighted by molar-refractivity contribution is 0.243. The summed E-state index contributed by atoms with van der Waals surface area (Å²) in [6.07, 6.45) is 0.00526. The van der Waals surface area contributed by atoms with Gasteiger partial charge in [0.2, 0.25) is 0 Å². The van der Waals surface area contributed by atoms with Gasteiger partial charge in [-0.25, -0.2) is 14.4 Å². The monoisotopic (exact) mass is 363 g/mol. The van der Waals surface area contributed by atoms with Crippen LogP contribution < -0.4 is 10.1 Å². The molecule has 0 radical (unpaired) electrons. The minimum Gasteiger partial charge on any atom is -0.489 e. The van der Waals surface area contributed by atoms with Crippen LogP contribution in [0.15, 0.2) is 23.6 Å². The Bertz CT molecular complexity index is 857. The molecule has 1 aromatic carbocycles. The predicted octanol–water partition coefficient (Wildman–Crippen LogP) is 5.55. The van der Waals surface area contributed by atoms with E-state index < -0.39 is 0 Å². The maximum atomic E-state index is 13.6. The zero-order valence-corrected chi connectivity index (χ0v) is 15.5. The van der Waals surface area contributed by atoms with Crippen LogP contribution in [0, 0.1) is 19.7 Å². The Morgan fingerprint density at radius 1 is 1.21 bits per heavy atom. The quantitative estimate of drug-likeness (QED) is 0.645. The van der Waals surface area contributed by atoms with E-state index in [2.05, 4.69) is 15.3 Å². The lowest BCUT2D eigenvalue weighted by Gasteiger charge is -2.14. The fourth-order valence-electron chi connectivity index (χ4n) is 2.28. The number of aromatic nitrogens is 2. The molecule has 0 amide bonds. The number of halogens is 1. The van der Waals surface area contributed by atoms with Gasteiger partial charge in [0.15, 0.2) is 5.13 Å². The van der Waals surface area contributed by atoms with Gasteiger partial charge < -0.3 is 10.1 Å². The van der Waals surface area contributed by atoms with Gasteiger partial charge in [0.1, 0.15) is 11.6 Å². The smallest absolute Gasteiger partial charge is 0.187 e. The van der Waals surface area contributed by atoms with Crippen LogP contribution >= 0.6 is 22.7 Å². The second kappa shape index (κ2) is 6.86. The summed E-state index contributed by atoms with van der Waals surface area (Å²) in [5, 5.41) is 6.84. The lowest BCUT2D eigenvalue weighted by atomic mass is 10.3. The number of anilines is 2. The molecule has 0 unspecified atom stereocenters. The molecule has 0 bridgehead atoms. The predicted molar refractivity (Wildman–Crippen MR) is 98.1 cm³/mol. The van der Waals surface area contributed by atoms with Gasteiger partial charge in [-0.2, -0.15) is 0 Å². The maximum Gasteiger partial charge on any atom is 0.187 e. The zero-order chi connectivity index (χ0) is 17.3. The number of nitrogens with one attached hydrogen (secondary N) is 1. The molecule has 0 spiro atoms. The molecule has 126 valence electrons. The van der Waals surface area contributed by atoms with Crippen LogP contribution in [0.1, 0.15) is 24.5 Å². The van der Waals surface area contributed by atoms with Crippen molar-refractivity contribution in [2.24, 2.45) is 0 Å². The van der Waals surface area contributed by atoms with E-state index in [9.17, 15) is 4.39 Å². The van der Waals surface area contributed by atoms with Gasteiger partial charge in [-0.1, -0.05) is 0 Å². The van der Waals surface area contributed by atoms with Crippen molar-refractivity contribution in [2.75, 3.05) is 5.32 Å². The van der Waals surface area contributed by atoms with Crippen molar-refractivity contribution in [3.8, 4) is 16.3 Å². The third-order valence-corrected chi connectivity index (χ3v) is 5.04. The van der Waals surface area contributed by atoms with Crippen LogP contribution in [0.25, 0.3) is 10.6 Å². The molecule has 0 saturated carbocycles. The molecule has 24 heavy (non-hydrogen) atoms. The van der Waals surface area contributed by atoms with E-state index in [1.807, 2.05) is 33.1 Å². The van der Waals surface area contributed by atoms with E-state index in [1.165, 1.54) is 23.5 Å². The Morgan fingerprint density at radius 3 is 2.67 bits per heavy atom. The minimum atomic E-state index is -0.320. The number of nitrogens with zero attached hydrogens (tertiary/aromatic N) is 2. The average Bonchev–Trinajstić information content (AvgIpc) is 3.08. The molecule has 0 aliphatic carbocycles. The Morgan fingerprint density at radius 2 is 2.00 bits per heavy atom. The highest BCUT2D eigenvalue weighted by Crippen LogP contribution is 2.35. The number of thiazole rings is 2. The van der Waals surface area contributed by atoms with Crippen molar-refractivity contribution in [1.82, 2.24) is 9.97 Å². The molecule has 2 heterocycles. The van der Waals surface area contributed by atoms with E-state index in [0.29, 0.717) is 16.6 Å². The Labute approximate surface area is 148 Å². The Balaban J connectivity index is 1.87. The zero-order valence-electron chi connectivity index (χ0n) is 13.9. The van der Waals surface area contributed by atoms with Crippen LogP contribution in [0.3, 0.4) is 0 Å². The molecule has 1 N–H and O–H groups in total. The summed E-state index contributed by atoms with van der Waals surface area (Å²) in [5.41, 5.74) is 2.43. The second-order valence-electron chi connectivity index (χ2n) is 5.62. The minimum absolute atomic E-state index is 0.00526. The highest BCUT2D eigenvalue weighted by atomic mass is 32.1. The summed E-state index contributed by atoms with van der Waals surface area (Å²) < 4.78 is 19.3. The van der Waals surface area contributed by atoms with E-state index in [0.717, 1.165) is 21.3 Å². The Kier molecular flexibility index (Phi) is 4.82. The number of ether oxygens (including phenoxy) is 1. The van der Waals surface area contributed by atoms with Crippen molar-refractivity contribution in [2.45, 2.75) is 33.8 Å². The number of aryl methyl sites for hydroxylation is 2. The average molecular weight is 363 g/mol.